The summed E-state index contributed by atoms with van der Waals surface area (Å²) in [5, 5.41) is 9.53. The second-order valence-electron chi connectivity index (χ2n) is 15.3. The number of benzene rings is 9. The Hall–Kier alpha value is -6.90. The maximum Gasteiger partial charge on any atom is 0.161 e. The fraction of sp³-hybridized carbons (Fsp3) is 0.0566. The highest BCUT2D eigenvalue weighted by Crippen LogP contribution is 2.54. The minimum atomic E-state index is -0.159. The maximum atomic E-state index is 5.56. The maximum absolute atomic E-state index is 5.56. The SMILES string of the molecule is CC1(C)c2cc3ccccc3cc2-c2c(-c3ccc4ccccc4c3-c3nc(-c4cccc5ccccc45)cc(-c4cccc5ccccc45)n3)cccc21. The van der Waals surface area contributed by atoms with Crippen molar-refractivity contribution in [2.75, 3.05) is 0 Å². The summed E-state index contributed by atoms with van der Waals surface area (Å²) in [6.07, 6.45) is 0. The molecule has 0 amide bonds. The monoisotopic (exact) mass is 700 g/mol. The summed E-state index contributed by atoms with van der Waals surface area (Å²) in [6, 6.07) is 66.0. The van der Waals surface area contributed by atoms with E-state index in [4.69, 9.17) is 9.97 Å². The molecule has 0 fully saturated rings. The van der Waals surface area contributed by atoms with E-state index >= 15 is 0 Å². The molecule has 10 aromatic rings. The van der Waals surface area contributed by atoms with Gasteiger partial charge >= 0.3 is 0 Å². The van der Waals surface area contributed by atoms with Crippen LogP contribution in [0.4, 0.5) is 0 Å². The minimum absolute atomic E-state index is 0.159. The molecule has 2 nitrogen and oxygen atoms in total. The van der Waals surface area contributed by atoms with Gasteiger partial charge in [0.15, 0.2) is 5.82 Å². The van der Waals surface area contributed by atoms with Crippen LogP contribution < -0.4 is 0 Å². The lowest BCUT2D eigenvalue weighted by Gasteiger charge is -2.22. The Morgan fingerprint density at radius 1 is 0.327 bits per heavy atom. The van der Waals surface area contributed by atoms with Crippen LogP contribution in [-0.4, -0.2) is 9.97 Å². The Kier molecular flexibility index (Phi) is 6.93. The van der Waals surface area contributed by atoms with E-state index in [1.165, 1.54) is 60.1 Å². The van der Waals surface area contributed by atoms with Crippen LogP contribution in [0.1, 0.15) is 25.0 Å². The molecule has 1 aliphatic rings. The molecular weight excluding hydrogens is 665 g/mol. The topological polar surface area (TPSA) is 25.8 Å². The van der Waals surface area contributed by atoms with Crippen molar-refractivity contribution in [3.8, 4) is 56.2 Å². The molecule has 55 heavy (non-hydrogen) atoms. The highest BCUT2D eigenvalue weighted by Gasteiger charge is 2.37. The summed E-state index contributed by atoms with van der Waals surface area (Å²) in [7, 11) is 0. The lowest BCUT2D eigenvalue weighted by molar-refractivity contribution is 0.661. The van der Waals surface area contributed by atoms with Crippen LogP contribution in [0.3, 0.4) is 0 Å². The van der Waals surface area contributed by atoms with Crippen molar-refractivity contribution >= 4 is 43.1 Å². The number of nitrogens with zero attached hydrogens (tertiary/aromatic N) is 2. The number of fused-ring (bicyclic) bond motifs is 7. The van der Waals surface area contributed by atoms with E-state index in [1.54, 1.807) is 0 Å². The van der Waals surface area contributed by atoms with Crippen LogP contribution in [0.2, 0.25) is 0 Å². The van der Waals surface area contributed by atoms with E-state index in [0.717, 1.165) is 44.4 Å². The van der Waals surface area contributed by atoms with E-state index in [2.05, 4.69) is 196 Å². The minimum Gasteiger partial charge on any atom is -0.228 e. The van der Waals surface area contributed by atoms with Crippen molar-refractivity contribution in [1.29, 1.82) is 0 Å². The molecule has 0 saturated heterocycles. The first-order valence-corrected chi connectivity index (χ1v) is 19.1. The number of rotatable bonds is 4. The average Bonchev–Trinajstić information content (AvgIpc) is 3.46. The van der Waals surface area contributed by atoms with Crippen LogP contribution in [0.25, 0.3) is 99.2 Å². The van der Waals surface area contributed by atoms with Crippen LogP contribution in [0, 0.1) is 0 Å². The van der Waals surface area contributed by atoms with Crippen molar-refractivity contribution in [2.24, 2.45) is 0 Å². The second kappa shape index (κ2) is 12.1. The van der Waals surface area contributed by atoms with Gasteiger partial charge in [-0.15, -0.1) is 0 Å². The fourth-order valence-electron chi connectivity index (χ4n) is 9.17. The van der Waals surface area contributed by atoms with Crippen molar-refractivity contribution in [3.63, 3.8) is 0 Å². The summed E-state index contributed by atoms with van der Waals surface area (Å²) in [6.45, 7) is 4.73. The number of hydrogen-bond acceptors (Lipinski definition) is 2. The molecule has 0 N–H and O–H groups in total. The zero-order chi connectivity index (χ0) is 36.7. The van der Waals surface area contributed by atoms with Crippen LogP contribution in [0.15, 0.2) is 182 Å². The quantitative estimate of drug-likeness (QED) is 0.183. The summed E-state index contributed by atoms with van der Waals surface area (Å²) >= 11 is 0. The van der Waals surface area contributed by atoms with Gasteiger partial charge in [0.2, 0.25) is 0 Å². The highest BCUT2D eigenvalue weighted by atomic mass is 14.9. The van der Waals surface area contributed by atoms with Crippen LogP contribution >= 0.6 is 0 Å². The molecule has 9 aromatic carbocycles. The van der Waals surface area contributed by atoms with E-state index < -0.39 is 0 Å². The molecule has 0 unspecified atom stereocenters. The van der Waals surface area contributed by atoms with E-state index in [0.29, 0.717) is 5.82 Å². The summed E-state index contributed by atoms with van der Waals surface area (Å²) in [4.78, 5) is 11.1. The largest absolute Gasteiger partial charge is 0.228 e. The normalized spacial score (nSPS) is 13.1. The van der Waals surface area contributed by atoms with E-state index in [1.807, 2.05) is 0 Å². The van der Waals surface area contributed by atoms with Gasteiger partial charge in [-0.2, -0.15) is 0 Å². The van der Waals surface area contributed by atoms with Crippen molar-refractivity contribution < 1.29 is 0 Å². The third-order valence-electron chi connectivity index (χ3n) is 11.9. The molecule has 2 heteroatoms. The Morgan fingerprint density at radius 2 is 0.800 bits per heavy atom. The molecule has 1 aromatic heterocycles. The molecule has 258 valence electrons. The van der Waals surface area contributed by atoms with Gasteiger partial charge in [0.05, 0.1) is 11.4 Å². The molecule has 0 saturated carbocycles. The number of hydrogen-bond donors (Lipinski definition) is 0. The van der Waals surface area contributed by atoms with Gasteiger partial charge in [0, 0.05) is 22.1 Å². The molecule has 1 heterocycles. The van der Waals surface area contributed by atoms with Gasteiger partial charge in [0.25, 0.3) is 0 Å². The molecular formula is C53H36N2. The van der Waals surface area contributed by atoms with Gasteiger partial charge in [-0.3, -0.25) is 0 Å². The van der Waals surface area contributed by atoms with Crippen molar-refractivity contribution in [3.05, 3.63) is 193 Å². The second-order valence-corrected chi connectivity index (χ2v) is 15.3. The molecule has 1 aliphatic carbocycles. The van der Waals surface area contributed by atoms with Gasteiger partial charge in [0.1, 0.15) is 0 Å². The molecule has 0 spiro atoms. The first-order chi connectivity index (χ1) is 27.0. The van der Waals surface area contributed by atoms with Gasteiger partial charge in [-0.1, -0.05) is 178 Å². The average molecular weight is 701 g/mol. The van der Waals surface area contributed by atoms with Crippen LogP contribution in [-0.2, 0) is 5.41 Å². The Balaban J connectivity index is 1.24. The predicted molar refractivity (Wildman–Crippen MR) is 231 cm³/mol. The lowest BCUT2D eigenvalue weighted by Crippen LogP contribution is -2.14. The first-order valence-electron chi connectivity index (χ1n) is 19.1. The zero-order valence-corrected chi connectivity index (χ0v) is 30.7. The third kappa shape index (κ3) is 4.88. The molecule has 0 bridgehead atoms. The van der Waals surface area contributed by atoms with Crippen molar-refractivity contribution in [2.45, 2.75) is 19.3 Å². The Bertz CT molecular complexity index is 3080. The Labute approximate surface area is 320 Å². The van der Waals surface area contributed by atoms with Crippen LogP contribution in [0.5, 0.6) is 0 Å². The molecule has 0 aliphatic heterocycles. The first kappa shape index (κ1) is 31.6. The van der Waals surface area contributed by atoms with Gasteiger partial charge < -0.3 is 0 Å². The van der Waals surface area contributed by atoms with Gasteiger partial charge in [-0.25, -0.2) is 9.97 Å². The molecule has 0 radical (unpaired) electrons. The standard InChI is InChI=1S/C53H36N2/c1-53(2)46-27-13-26-43(50(46)45-30-36-17-3-4-18-37(36)31-47(45)53)44-29-28-35-16-7-10-23-40(35)51(44)52-54-48(41-24-11-19-33-14-5-8-21-38(33)41)32-49(55-52)42-25-12-20-34-15-6-9-22-39(34)42/h3-32H,1-2H3. The molecule has 11 rings (SSSR count). The molecule has 0 atom stereocenters. The van der Waals surface area contributed by atoms with E-state index in [-0.39, 0.29) is 5.41 Å². The highest BCUT2D eigenvalue weighted by molar-refractivity contribution is 6.08. The van der Waals surface area contributed by atoms with Crippen molar-refractivity contribution in [1.82, 2.24) is 9.97 Å². The van der Waals surface area contributed by atoms with Gasteiger partial charge in [-0.05, 0) is 94.7 Å². The van der Waals surface area contributed by atoms with E-state index in [9.17, 15) is 0 Å². The third-order valence-corrected chi connectivity index (χ3v) is 11.9. The zero-order valence-electron chi connectivity index (χ0n) is 30.7. The predicted octanol–water partition coefficient (Wildman–Crippen LogP) is 14.1. The summed E-state index contributed by atoms with van der Waals surface area (Å²) in [5.41, 5.74) is 12.5. The fourth-order valence-corrected chi connectivity index (χ4v) is 9.17. The smallest absolute Gasteiger partial charge is 0.161 e. The summed E-state index contributed by atoms with van der Waals surface area (Å²) < 4.78 is 0. The Morgan fingerprint density at radius 3 is 1.44 bits per heavy atom. The lowest BCUT2D eigenvalue weighted by atomic mass is 9.81. The summed E-state index contributed by atoms with van der Waals surface area (Å²) in [5.74, 6) is 0.716. The number of aromatic nitrogens is 2.